The summed E-state index contributed by atoms with van der Waals surface area (Å²) in [5.74, 6) is -0.0651. The van der Waals surface area contributed by atoms with Gasteiger partial charge in [0.2, 0.25) is 0 Å². The second kappa shape index (κ2) is 5.14. The Kier molecular flexibility index (Phi) is 3.58. The van der Waals surface area contributed by atoms with Crippen LogP contribution in [0, 0.1) is 5.92 Å². The van der Waals surface area contributed by atoms with Crippen LogP contribution in [0.5, 0.6) is 0 Å². The molecule has 0 bridgehead atoms. The van der Waals surface area contributed by atoms with Gasteiger partial charge in [0.25, 0.3) is 0 Å². The third-order valence-electron chi connectivity index (χ3n) is 3.05. The molecule has 0 saturated carbocycles. The van der Waals surface area contributed by atoms with Crippen LogP contribution in [0.2, 0.25) is 0 Å². The van der Waals surface area contributed by atoms with E-state index in [-0.39, 0.29) is 18.2 Å². The van der Waals surface area contributed by atoms with E-state index in [0.29, 0.717) is 5.82 Å². The Bertz CT molecular complexity index is 408. The van der Waals surface area contributed by atoms with Crippen LogP contribution in [0.1, 0.15) is 23.3 Å². The smallest absolute Gasteiger partial charge is 0.354 e. The number of hydrogen-bond donors (Lipinski definition) is 2. The third-order valence-corrected chi connectivity index (χ3v) is 3.05. The van der Waals surface area contributed by atoms with Crippen LogP contribution in [0.4, 0.5) is 5.82 Å². The first-order chi connectivity index (χ1) is 8.20. The molecule has 5 heteroatoms. The fraction of sp³-hybridized carbons (Fsp3) is 0.500. The summed E-state index contributed by atoms with van der Waals surface area (Å²) in [6.07, 6.45) is 2.02. The van der Waals surface area contributed by atoms with E-state index in [4.69, 9.17) is 10.2 Å². The number of carboxylic acid groups (broad SMARTS) is 1. The van der Waals surface area contributed by atoms with Crippen LogP contribution in [0.25, 0.3) is 0 Å². The fourth-order valence-corrected chi connectivity index (χ4v) is 2.14. The Morgan fingerprint density at radius 3 is 3.06 bits per heavy atom. The Morgan fingerprint density at radius 2 is 2.35 bits per heavy atom. The summed E-state index contributed by atoms with van der Waals surface area (Å²) < 4.78 is 0. The summed E-state index contributed by atoms with van der Waals surface area (Å²) in [7, 11) is 0. The number of nitrogens with zero attached hydrogens (tertiary/aromatic N) is 2. The first-order valence-corrected chi connectivity index (χ1v) is 5.77. The lowest BCUT2D eigenvalue weighted by molar-refractivity contribution is 0.0690. The van der Waals surface area contributed by atoms with Crippen LogP contribution < -0.4 is 4.90 Å². The van der Waals surface area contributed by atoms with Crippen molar-refractivity contribution in [2.45, 2.75) is 12.8 Å². The number of anilines is 1. The molecule has 0 amide bonds. The van der Waals surface area contributed by atoms with Gasteiger partial charge in [-0.15, -0.1) is 0 Å². The molecule has 1 fully saturated rings. The number of pyridine rings is 1. The largest absolute Gasteiger partial charge is 0.477 e. The Hall–Kier alpha value is -1.62. The minimum atomic E-state index is -1.01. The van der Waals surface area contributed by atoms with Gasteiger partial charge in [-0.1, -0.05) is 6.07 Å². The molecule has 1 aromatic heterocycles. The molecule has 2 N–H and O–H groups in total. The van der Waals surface area contributed by atoms with Crippen molar-refractivity contribution in [1.82, 2.24) is 4.98 Å². The van der Waals surface area contributed by atoms with Crippen molar-refractivity contribution in [3.63, 3.8) is 0 Å². The summed E-state index contributed by atoms with van der Waals surface area (Å²) in [6, 6.07) is 5.00. The zero-order chi connectivity index (χ0) is 12.3. The Morgan fingerprint density at radius 1 is 1.53 bits per heavy atom. The SMILES string of the molecule is O=C(O)c1cccc(N2CCCC(CO)C2)n1. The molecule has 0 radical (unpaired) electrons. The van der Waals surface area contributed by atoms with Gasteiger partial charge < -0.3 is 15.1 Å². The van der Waals surface area contributed by atoms with Crippen molar-refractivity contribution in [2.75, 3.05) is 24.6 Å². The maximum atomic E-state index is 10.8. The zero-order valence-corrected chi connectivity index (χ0v) is 9.54. The Balaban J connectivity index is 2.16. The van der Waals surface area contributed by atoms with Crippen molar-refractivity contribution in [1.29, 1.82) is 0 Å². The van der Waals surface area contributed by atoms with E-state index in [1.54, 1.807) is 6.07 Å². The molecule has 0 aliphatic carbocycles. The second-order valence-electron chi connectivity index (χ2n) is 4.32. The number of carbonyl (C=O) groups is 1. The monoisotopic (exact) mass is 236 g/mol. The number of rotatable bonds is 3. The van der Waals surface area contributed by atoms with Crippen LogP contribution in [0.15, 0.2) is 18.2 Å². The molecular weight excluding hydrogens is 220 g/mol. The molecule has 1 aliphatic rings. The predicted octanol–water partition coefficient (Wildman–Crippen LogP) is 0.988. The number of hydrogen-bond acceptors (Lipinski definition) is 4. The number of aliphatic hydroxyl groups is 1. The first kappa shape index (κ1) is 11.9. The third kappa shape index (κ3) is 2.74. The van der Waals surface area contributed by atoms with E-state index in [9.17, 15) is 4.79 Å². The van der Waals surface area contributed by atoms with Gasteiger partial charge in [0.15, 0.2) is 5.69 Å². The van der Waals surface area contributed by atoms with E-state index in [0.717, 1.165) is 25.9 Å². The summed E-state index contributed by atoms with van der Waals surface area (Å²) in [5, 5.41) is 18.0. The highest BCUT2D eigenvalue weighted by atomic mass is 16.4. The van der Waals surface area contributed by atoms with Gasteiger partial charge >= 0.3 is 5.97 Å². The fourth-order valence-electron chi connectivity index (χ4n) is 2.14. The van der Waals surface area contributed by atoms with E-state index in [1.807, 2.05) is 11.0 Å². The van der Waals surface area contributed by atoms with Crippen LogP contribution in [-0.2, 0) is 0 Å². The molecular formula is C12H16N2O3. The predicted molar refractivity (Wildman–Crippen MR) is 63.2 cm³/mol. The van der Waals surface area contributed by atoms with Gasteiger partial charge in [0.1, 0.15) is 5.82 Å². The molecule has 2 rings (SSSR count). The van der Waals surface area contributed by atoms with Crippen molar-refractivity contribution in [2.24, 2.45) is 5.92 Å². The molecule has 1 aliphatic heterocycles. The lowest BCUT2D eigenvalue weighted by atomic mass is 9.99. The topological polar surface area (TPSA) is 73.7 Å². The molecule has 1 unspecified atom stereocenters. The highest BCUT2D eigenvalue weighted by Crippen LogP contribution is 2.21. The van der Waals surface area contributed by atoms with E-state index >= 15 is 0 Å². The number of aromatic nitrogens is 1. The maximum absolute atomic E-state index is 10.8. The van der Waals surface area contributed by atoms with Gasteiger partial charge in [0, 0.05) is 19.7 Å². The molecule has 5 nitrogen and oxygen atoms in total. The lowest BCUT2D eigenvalue weighted by Gasteiger charge is -2.32. The minimum absolute atomic E-state index is 0.0635. The zero-order valence-electron chi connectivity index (χ0n) is 9.54. The van der Waals surface area contributed by atoms with E-state index < -0.39 is 5.97 Å². The average molecular weight is 236 g/mol. The van der Waals surface area contributed by atoms with Crippen molar-refractivity contribution in [3.8, 4) is 0 Å². The van der Waals surface area contributed by atoms with Crippen LogP contribution >= 0.6 is 0 Å². The number of piperidine rings is 1. The summed E-state index contributed by atoms with van der Waals surface area (Å²) >= 11 is 0. The van der Waals surface area contributed by atoms with Gasteiger partial charge in [-0.2, -0.15) is 0 Å². The van der Waals surface area contributed by atoms with Gasteiger partial charge in [-0.25, -0.2) is 9.78 Å². The van der Waals surface area contributed by atoms with Gasteiger partial charge in [-0.05, 0) is 30.9 Å². The lowest BCUT2D eigenvalue weighted by Crippen LogP contribution is -2.37. The van der Waals surface area contributed by atoms with Crippen molar-refractivity contribution in [3.05, 3.63) is 23.9 Å². The molecule has 1 saturated heterocycles. The van der Waals surface area contributed by atoms with Crippen molar-refractivity contribution < 1.29 is 15.0 Å². The van der Waals surface area contributed by atoms with E-state index in [2.05, 4.69) is 4.98 Å². The second-order valence-corrected chi connectivity index (χ2v) is 4.32. The molecule has 1 aromatic rings. The summed E-state index contributed by atoms with van der Waals surface area (Å²) in [6.45, 7) is 1.79. The maximum Gasteiger partial charge on any atom is 0.354 e. The summed E-state index contributed by atoms with van der Waals surface area (Å²) in [5.41, 5.74) is 0.0635. The van der Waals surface area contributed by atoms with Crippen molar-refractivity contribution >= 4 is 11.8 Å². The van der Waals surface area contributed by atoms with Crippen LogP contribution in [0.3, 0.4) is 0 Å². The number of carboxylic acids is 1. The average Bonchev–Trinajstić information content (AvgIpc) is 2.39. The molecule has 17 heavy (non-hydrogen) atoms. The molecule has 2 heterocycles. The minimum Gasteiger partial charge on any atom is -0.477 e. The van der Waals surface area contributed by atoms with Crippen LogP contribution in [-0.4, -0.2) is 40.9 Å². The first-order valence-electron chi connectivity index (χ1n) is 5.77. The molecule has 0 aromatic carbocycles. The Labute approximate surface area is 99.7 Å². The normalized spacial score (nSPS) is 20.3. The molecule has 1 atom stereocenters. The molecule has 0 spiro atoms. The quantitative estimate of drug-likeness (QED) is 0.818. The van der Waals surface area contributed by atoms with E-state index in [1.165, 1.54) is 6.07 Å². The number of aliphatic hydroxyl groups excluding tert-OH is 1. The highest BCUT2D eigenvalue weighted by Gasteiger charge is 2.20. The number of aromatic carboxylic acids is 1. The summed E-state index contributed by atoms with van der Waals surface area (Å²) in [4.78, 5) is 17.0. The van der Waals surface area contributed by atoms with Gasteiger partial charge in [0.05, 0.1) is 0 Å². The molecule has 92 valence electrons. The highest BCUT2D eigenvalue weighted by molar-refractivity contribution is 5.85. The standard InChI is InChI=1S/C12H16N2O3/c15-8-9-3-2-6-14(7-9)11-5-1-4-10(13-11)12(16)17/h1,4-5,9,15H,2-3,6-8H2,(H,16,17). The van der Waals surface area contributed by atoms with Gasteiger partial charge in [-0.3, -0.25) is 0 Å².